The number of hydrogen-bond acceptors (Lipinski definition) is 4. The zero-order valence-corrected chi connectivity index (χ0v) is 13.4. The molecule has 0 atom stereocenters. The Hall–Kier alpha value is -2.95. The third-order valence-electron chi connectivity index (χ3n) is 4.42. The molecule has 122 valence electrons. The van der Waals surface area contributed by atoms with Crippen molar-refractivity contribution in [1.82, 2.24) is 4.98 Å². The van der Waals surface area contributed by atoms with Crippen LogP contribution in [0, 0.1) is 0 Å². The van der Waals surface area contributed by atoms with Gasteiger partial charge in [-0.3, -0.25) is 0 Å². The summed E-state index contributed by atoms with van der Waals surface area (Å²) in [6.07, 6.45) is 2.76. The lowest BCUT2D eigenvalue weighted by Gasteiger charge is -2.12. The molecule has 0 amide bonds. The summed E-state index contributed by atoms with van der Waals surface area (Å²) in [5, 5.41) is 13.7. The largest absolute Gasteiger partial charge is 0.497 e. The summed E-state index contributed by atoms with van der Waals surface area (Å²) in [5.41, 5.74) is 3.90. The molecule has 1 aromatic heterocycles. The number of aromatic nitrogens is 1. The lowest BCUT2D eigenvalue weighted by atomic mass is 9.94. The average Bonchev–Trinajstić information content (AvgIpc) is 3.00. The summed E-state index contributed by atoms with van der Waals surface area (Å²) in [6, 6.07) is 13.5. The van der Waals surface area contributed by atoms with Crippen molar-refractivity contribution in [3.05, 3.63) is 53.7 Å². The van der Waals surface area contributed by atoms with Crippen LogP contribution >= 0.6 is 0 Å². The van der Waals surface area contributed by atoms with E-state index in [1.54, 1.807) is 7.11 Å². The molecule has 5 nitrogen and oxygen atoms in total. The Bertz CT molecular complexity index is 910. The number of benzene rings is 2. The van der Waals surface area contributed by atoms with E-state index in [1.165, 1.54) is 5.56 Å². The molecule has 4 rings (SSSR count). The zero-order valence-electron chi connectivity index (χ0n) is 13.4. The number of methoxy groups -OCH3 is 1. The van der Waals surface area contributed by atoms with Gasteiger partial charge in [0.15, 0.2) is 0 Å². The molecule has 0 saturated heterocycles. The van der Waals surface area contributed by atoms with Crippen molar-refractivity contribution in [3.63, 3.8) is 0 Å². The monoisotopic (exact) mass is 322 g/mol. The van der Waals surface area contributed by atoms with Crippen LogP contribution in [0.1, 0.15) is 24.1 Å². The minimum absolute atomic E-state index is 0.727. The fourth-order valence-corrected chi connectivity index (χ4v) is 3.23. The predicted octanol–water partition coefficient (Wildman–Crippen LogP) is 4.48. The second kappa shape index (κ2) is 5.92. The molecule has 5 heteroatoms. The molecular formula is C19H18N2O3. The van der Waals surface area contributed by atoms with E-state index in [0.29, 0.717) is 0 Å². The fourth-order valence-electron chi connectivity index (χ4n) is 3.23. The normalized spacial score (nSPS) is 15.5. The van der Waals surface area contributed by atoms with Crippen molar-refractivity contribution >= 4 is 16.6 Å². The number of hydrogen-bond donors (Lipinski definition) is 2. The molecular weight excluding hydrogens is 304 g/mol. The van der Waals surface area contributed by atoms with Gasteiger partial charge in [-0.25, -0.2) is 0 Å². The third kappa shape index (κ3) is 2.48. The molecule has 1 aliphatic rings. The van der Waals surface area contributed by atoms with E-state index in [2.05, 4.69) is 10.1 Å². The van der Waals surface area contributed by atoms with Gasteiger partial charge in [0.05, 0.1) is 12.8 Å². The van der Waals surface area contributed by atoms with Gasteiger partial charge in [-0.1, -0.05) is 5.16 Å². The Labute approximate surface area is 139 Å². The quantitative estimate of drug-likeness (QED) is 0.552. The van der Waals surface area contributed by atoms with Gasteiger partial charge in [-0.05, 0) is 67.3 Å². The highest BCUT2D eigenvalue weighted by Crippen LogP contribution is 2.33. The first-order valence-electron chi connectivity index (χ1n) is 7.96. The molecule has 0 spiro atoms. The highest BCUT2D eigenvalue weighted by Gasteiger charge is 2.21. The number of H-pyrrole nitrogens is 1. The summed E-state index contributed by atoms with van der Waals surface area (Å²) in [5.74, 6) is 2.34. The lowest BCUT2D eigenvalue weighted by molar-refractivity contribution is 0.317. The Balaban J connectivity index is 1.70. The van der Waals surface area contributed by atoms with Crippen LogP contribution in [0.25, 0.3) is 10.9 Å². The lowest BCUT2D eigenvalue weighted by Crippen LogP contribution is -2.10. The smallest absolute Gasteiger partial charge is 0.128 e. The first-order valence-corrected chi connectivity index (χ1v) is 7.96. The molecule has 0 saturated carbocycles. The third-order valence-corrected chi connectivity index (χ3v) is 4.42. The van der Waals surface area contributed by atoms with Crippen molar-refractivity contribution in [2.45, 2.75) is 19.3 Å². The van der Waals surface area contributed by atoms with Crippen molar-refractivity contribution in [1.29, 1.82) is 0 Å². The van der Waals surface area contributed by atoms with E-state index in [9.17, 15) is 5.21 Å². The molecule has 0 radical (unpaired) electrons. The summed E-state index contributed by atoms with van der Waals surface area (Å²) >= 11 is 0. The minimum Gasteiger partial charge on any atom is -0.497 e. The van der Waals surface area contributed by atoms with Crippen LogP contribution in [-0.4, -0.2) is 23.0 Å². The number of oxime groups is 1. The first kappa shape index (κ1) is 14.6. The maximum atomic E-state index is 9.19. The van der Waals surface area contributed by atoms with Crippen LogP contribution in [-0.2, 0) is 6.42 Å². The van der Waals surface area contributed by atoms with E-state index in [0.717, 1.165) is 58.8 Å². The molecule has 0 unspecified atom stereocenters. The molecule has 1 aliphatic carbocycles. The predicted molar refractivity (Wildman–Crippen MR) is 92.6 cm³/mol. The van der Waals surface area contributed by atoms with Gasteiger partial charge in [0.25, 0.3) is 0 Å². The van der Waals surface area contributed by atoms with Crippen LogP contribution in [0.3, 0.4) is 0 Å². The van der Waals surface area contributed by atoms with E-state index >= 15 is 0 Å². The van der Waals surface area contributed by atoms with Crippen molar-refractivity contribution in [2.24, 2.45) is 5.16 Å². The van der Waals surface area contributed by atoms with E-state index < -0.39 is 0 Å². The summed E-state index contributed by atoms with van der Waals surface area (Å²) in [4.78, 5) is 3.36. The van der Waals surface area contributed by atoms with Gasteiger partial charge >= 0.3 is 0 Å². The fraction of sp³-hybridized carbons (Fsp3) is 0.211. The van der Waals surface area contributed by atoms with Gasteiger partial charge in [0, 0.05) is 10.9 Å². The highest BCUT2D eigenvalue weighted by atomic mass is 16.5. The van der Waals surface area contributed by atoms with Crippen LogP contribution in [0.15, 0.2) is 47.6 Å². The zero-order chi connectivity index (χ0) is 16.5. The maximum absolute atomic E-state index is 9.19. The number of aromatic amines is 1. The van der Waals surface area contributed by atoms with Gasteiger partial charge < -0.3 is 19.7 Å². The summed E-state index contributed by atoms with van der Waals surface area (Å²) < 4.78 is 11.1. The van der Waals surface area contributed by atoms with Crippen molar-refractivity contribution in [2.75, 3.05) is 7.11 Å². The molecule has 24 heavy (non-hydrogen) atoms. The van der Waals surface area contributed by atoms with Gasteiger partial charge in [-0.2, -0.15) is 0 Å². The van der Waals surface area contributed by atoms with Crippen molar-refractivity contribution in [3.8, 4) is 17.2 Å². The standard InChI is InChI=1S/C19H18N2O3/c1-23-12-5-7-13(8-6-12)24-14-9-10-17-16(11-14)15-3-2-4-18(21-22)19(15)20-17/h5-11,20,22H,2-4H2,1H3/b21-18+. The number of aryl methyl sites for hydroxylation is 1. The van der Waals surface area contributed by atoms with Crippen LogP contribution in [0.2, 0.25) is 0 Å². The van der Waals surface area contributed by atoms with Gasteiger partial charge in [0.1, 0.15) is 23.0 Å². The Kier molecular flexibility index (Phi) is 3.61. The number of nitrogens with zero attached hydrogens (tertiary/aromatic N) is 1. The number of ether oxygens (including phenoxy) is 2. The Morgan fingerprint density at radius 1 is 1.00 bits per heavy atom. The highest BCUT2D eigenvalue weighted by molar-refractivity contribution is 6.06. The molecule has 0 aliphatic heterocycles. The molecule has 0 fully saturated rings. The molecule has 0 bridgehead atoms. The van der Waals surface area contributed by atoms with E-state index in [-0.39, 0.29) is 0 Å². The van der Waals surface area contributed by atoms with E-state index in [4.69, 9.17) is 9.47 Å². The SMILES string of the molecule is COc1ccc(Oc2ccc3[nH]c4c(c3c2)CCC/C4=N\O)cc1. The number of fused-ring (bicyclic) bond motifs is 3. The van der Waals surface area contributed by atoms with Gasteiger partial charge in [0.2, 0.25) is 0 Å². The topological polar surface area (TPSA) is 66.8 Å². The second-order valence-corrected chi connectivity index (χ2v) is 5.86. The molecule has 3 aromatic rings. The van der Waals surface area contributed by atoms with Gasteiger partial charge in [-0.15, -0.1) is 0 Å². The molecule has 2 N–H and O–H groups in total. The molecule has 1 heterocycles. The molecule has 2 aromatic carbocycles. The Morgan fingerprint density at radius 2 is 1.75 bits per heavy atom. The second-order valence-electron chi connectivity index (χ2n) is 5.86. The number of rotatable bonds is 3. The summed E-state index contributed by atoms with van der Waals surface area (Å²) in [6.45, 7) is 0. The average molecular weight is 322 g/mol. The summed E-state index contributed by atoms with van der Waals surface area (Å²) in [7, 11) is 1.64. The number of nitrogens with one attached hydrogen (secondary N) is 1. The maximum Gasteiger partial charge on any atom is 0.128 e. The van der Waals surface area contributed by atoms with Crippen molar-refractivity contribution < 1.29 is 14.7 Å². The van der Waals surface area contributed by atoms with Crippen LogP contribution in [0.4, 0.5) is 0 Å². The first-order chi connectivity index (χ1) is 11.8. The Morgan fingerprint density at radius 3 is 2.50 bits per heavy atom. The van der Waals surface area contributed by atoms with Crippen LogP contribution < -0.4 is 9.47 Å². The van der Waals surface area contributed by atoms with Crippen LogP contribution in [0.5, 0.6) is 17.2 Å². The minimum atomic E-state index is 0.727. The van der Waals surface area contributed by atoms with E-state index in [1.807, 2.05) is 42.5 Å².